The number of alkyl carbamates (subject to hydrolysis) is 1. The fourth-order valence-corrected chi connectivity index (χ4v) is 3.70. The Bertz CT molecular complexity index is 775. The summed E-state index contributed by atoms with van der Waals surface area (Å²) in [6.45, 7) is 4.02. The molecule has 0 spiro atoms. The Morgan fingerprint density at radius 2 is 1.62 bits per heavy atom. The molecule has 0 saturated heterocycles. The molecule has 0 saturated carbocycles. The number of nitrogens with one attached hydrogen (secondary N) is 1. The van der Waals surface area contributed by atoms with Crippen LogP contribution in [0.4, 0.5) is 4.79 Å². The minimum atomic E-state index is -0.739. The predicted octanol–water partition coefficient (Wildman–Crippen LogP) is 4.71. The molecular formula is C21H22ClNO3. The smallest absolute Gasteiger partial charge is 0.407 e. The van der Waals surface area contributed by atoms with Crippen LogP contribution < -0.4 is 5.32 Å². The molecule has 0 aromatic heterocycles. The topological polar surface area (TPSA) is 55.4 Å². The Labute approximate surface area is 158 Å². The molecule has 0 bridgehead atoms. The fraction of sp³-hybridized carbons (Fsp3) is 0.333. The standard InChI is InChI=1S/C21H22ClNO3/c1-3-13(2)19(20(22)24)23-21(25)26-12-18-16-10-6-4-8-14(16)15-9-5-7-11-17(15)18/h4-11,13,18-19H,3,12H2,1-2H3,(H,23,25)/t13-,19+/m0/s1. The van der Waals surface area contributed by atoms with Gasteiger partial charge in [-0.15, -0.1) is 0 Å². The van der Waals surface area contributed by atoms with Crippen molar-refractivity contribution in [3.05, 3.63) is 59.7 Å². The second-order valence-corrected chi connectivity index (χ2v) is 7.01. The number of amides is 1. The minimum Gasteiger partial charge on any atom is -0.449 e. The summed E-state index contributed by atoms with van der Waals surface area (Å²) in [5.74, 6) is -0.0672. The zero-order chi connectivity index (χ0) is 18.7. The van der Waals surface area contributed by atoms with E-state index >= 15 is 0 Å². The monoisotopic (exact) mass is 371 g/mol. The van der Waals surface area contributed by atoms with Gasteiger partial charge in [-0.25, -0.2) is 4.79 Å². The zero-order valence-corrected chi connectivity index (χ0v) is 15.6. The molecule has 0 fully saturated rings. The third-order valence-corrected chi connectivity index (χ3v) is 5.31. The zero-order valence-electron chi connectivity index (χ0n) is 14.9. The van der Waals surface area contributed by atoms with Crippen molar-refractivity contribution in [3.8, 4) is 11.1 Å². The summed E-state index contributed by atoms with van der Waals surface area (Å²) >= 11 is 5.61. The highest BCUT2D eigenvalue weighted by molar-refractivity contribution is 6.64. The van der Waals surface area contributed by atoms with Crippen LogP contribution in [0.2, 0.25) is 0 Å². The SMILES string of the molecule is CC[C@H](C)[C@@H](NC(=O)OCC1c2ccccc2-c2ccccc21)C(=O)Cl. The van der Waals surface area contributed by atoms with E-state index in [4.69, 9.17) is 16.3 Å². The lowest BCUT2D eigenvalue weighted by Gasteiger charge is -2.21. The minimum absolute atomic E-state index is 0.0121. The van der Waals surface area contributed by atoms with Gasteiger partial charge in [0.15, 0.2) is 0 Å². The number of hydrogen-bond acceptors (Lipinski definition) is 3. The van der Waals surface area contributed by atoms with E-state index in [-0.39, 0.29) is 18.4 Å². The molecule has 5 heteroatoms. The van der Waals surface area contributed by atoms with Crippen LogP contribution in [-0.4, -0.2) is 24.0 Å². The van der Waals surface area contributed by atoms with E-state index < -0.39 is 17.4 Å². The van der Waals surface area contributed by atoms with Gasteiger partial charge in [0.2, 0.25) is 5.24 Å². The number of halogens is 1. The Kier molecular flexibility index (Phi) is 5.62. The normalized spacial score (nSPS) is 14.9. The van der Waals surface area contributed by atoms with Gasteiger partial charge in [-0.05, 0) is 39.8 Å². The van der Waals surface area contributed by atoms with Crippen molar-refractivity contribution in [2.24, 2.45) is 5.92 Å². The van der Waals surface area contributed by atoms with Crippen LogP contribution in [0, 0.1) is 5.92 Å². The third kappa shape index (κ3) is 3.61. The summed E-state index contributed by atoms with van der Waals surface area (Å²) < 4.78 is 5.45. The summed E-state index contributed by atoms with van der Waals surface area (Å²) in [5, 5.41) is 2.02. The second kappa shape index (κ2) is 7.92. The number of fused-ring (bicyclic) bond motifs is 3. The van der Waals surface area contributed by atoms with Gasteiger partial charge in [0.05, 0.1) is 0 Å². The number of hydrogen-bond donors (Lipinski definition) is 1. The molecule has 0 aliphatic heterocycles. The van der Waals surface area contributed by atoms with Gasteiger partial charge < -0.3 is 10.1 Å². The molecule has 1 N–H and O–H groups in total. The molecule has 2 aromatic carbocycles. The fourth-order valence-electron chi connectivity index (χ4n) is 3.43. The third-order valence-electron chi connectivity index (χ3n) is 5.07. The van der Waals surface area contributed by atoms with E-state index in [2.05, 4.69) is 29.6 Å². The van der Waals surface area contributed by atoms with E-state index in [1.807, 2.05) is 38.1 Å². The molecule has 2 aromatic rings. The molecule has 0 unspecified atom stereocenters. The van der Waals surface area contributed by atoms with Crippen molar-refractivity contribution >= 4 is 22.9 Å². The predicted molar refractivity (Wildman–Crippen MR) is 102 cm³/mol. The molecule has 0 heterocycles. The summed E-state index contributed by atoms with van der Waals surface area (Å²) in [6, 6.07) is 15.5. The highest BCUT2D eigenvalue weighted by Crippen LogP contribution is 2.44. The molecule has 0 radical (unpaired) electrons. The Balaban J connectivity index is 1.72. The maximum absolute atomic E-state index is 12.2. The molecule has 136 valence electrons. The van der Waals surface area contributed by atoms with E-state index in [0.717, 1.165) is 17.5 Å². The van der Waals surface area contributed by atoms with Crippen LogP contribution in [0.1, 0.15) is 37.3 Å². The van der Waals surface area contributed by atoms with Gasteiger partial charge in [0, 0.05) is 5.92 Å². The summed E-state index contributed by atoms with van der Waals surface area (Å²) in [7, 11) is 0. The van der Waals surface area contributed by atoms with Crippen LogP contribution in [0.5, 0.6) is 0 Å². The molecule has 26 heavy (non-hydrogen) atoms. The number of rotatable bonds is 6. The van der Waals surface area contributed by atoms with Gasteiger partial charge in [-0.3, -0.25) is 4.79 Å². The molecular weight excluding hydrogens is 350 g/mol. The summed E-state index contributed by atoms with van der Waals surface area (Å²) in [6.07, 6.45) is 0.110. The van der Waals surface area contributed by atoms with Gasteiger partial charge in [-0.2, -0.15) is 0 Å². The first kappa shape index (κ1) is 18.5. The van der Waals surface area contributed by atoms with Crippen molar-refractivity contribution in [1.82, 2.24) is 5.32 Å². The van der Waals surface area contributed by atoms with Crippen molar-refractivity contribution < 1.29 is 14.3 Å². The van der Waals surface area contributed by atoms with Crippen LogP contribution in [0.15, 0.2) is 48.5 Å². The lowest BCUT2D eigenvalue weighted by atomic mass is 9.98. The van der Waals surface area contributed by atoms with E-state index in [0.29, 0.717) is 0 Å². The van der Waals surface area contributed by atoms with Crippen LogP contribution in [-0.2, 0) is 9.53 Å². The molecule has 1 aliphatic rings. The Morgan fingerprint density at radius 1 is 1.08 bits per heavy atom. The molecule has 2 atom stereocenters. The Hall–Kier alpha value is -2.33. The van der Waals surface area contributed by atoms with Crippen LogP contribution in [0.25, 0.3) is 11.1 Å². The Morgan fingerprint density at radius 3 is 2.12 bits per heavy atom. The maximum Gasteiger partial charge on any atom is 0.407 e. The average Bonchev–Trinajstić information content (AvgIpc) is 2.97. The average molecular weight is 372 g/mol. The largest absolute Gasteiger partial charge is 0.449 e. The first-order valence-corrected chi connectivity index (χ1v) is 9.21. The lowest BCUT2D eigenvalue weighted by molar-refractivity contribution is -0.114. The van der Waals surface area contributed by atoms with Gasteiger partial charge >= 0.3 is 6.09 Å². The molecule has 4 nitrogen and oxygen atoms in total. The second-order valence-electron chi connectivity index (χ2n) is 6.64. The number of benzene rings is 2. The van der Waals surface area contributed by atoms with Gasteiger partial charge in [0.1, 0.15) is 12.6 Å². The lowest BCUT2D eigenvalue weighted by Crippen LogP contribution is -2.43. The quantitative estimate of drug-likeness (QED) is 0.748. The summed E-state index contributed by atoms with van der Waals surface area (Å²) in [4.78, 5) is 23.8. The van der Waals surface area contributed by atoms with Crippen molar-refractivity contribution in [2.75, 3.05) is 6.61 Å². The van der Waals surface area contributed by atoms with E-state index in [1.165, 1.54) is 11.1 Å². The van der Waals surface area contributed by atoms with E-state index in [9.17, 15) is 9.59 Å². The van der Waals surface area contributed by atoms with Crippen molar-refractivity contribution in [1.29, 1.82) is 0 Å². The first-order valence-electron chi connectivity index (χ1n) is 8.83. The molecule has 1 aliphatic carbocycles. The highest BCUT2D eigenvalue weighted by atomic mass is 35.5. The van der Waals surface area contributed by atoms with Gasteiger partial charge in [-0.1, -0.05) is 68.8 Å². The van der Waals surface area contributed by atoms with Gasteiger partial charge in [0.25, 0.3) is 0 Å². The number of ether oxygens (including phenoxy) is 1. The van der Waals surface area contributed by atoms with Crippen LogP contribution in [0.3, 0.4) is 0 Å². The number of carbonyl (C=O) groups excluding carboxylic acids is 2. The first-order chi connectivity index (χ1) is 12.5. The van der Waals surface area contributed by atoms with Crippen LogP contribution >= 0.6 is 11.6 Å². The van der Waals surface area contributed by atoms with Crippen molar-refractivity contribution in [2.45, 2.75) is 32.2 Å². The van der Waals surface area contributed by atoms with E-state index in [1.54, 1.807) is 0 Å². The number of carbonyl (C=O) groups is 2. The summed E-state index contributed by atoms with van der Waals surface area (Å²) in [5.41, 5.74) is 4.64. The molecule has 1 amide bonds. The molecule has 3 rings (SSSR count). The highest BCUT2D eigenvalue weighted by Gasteiger charge is 2.30. The maximum atomic E-state index is 12.2. The van der Waals surface area contributed by atoms with Crippen molar-refractivity contribution in [3.63, 3.8) is 0 Å².